The molecule has 0 aliphatic carbocycles. The summed E-state index contributed by atoms with van der Waals surface area (Å²) in [6.45, 7) is 0. The molecule has 0 aliphatic rings. The summed E-state index contributed by atoms with van der Waals surface area (Å²) in [7, 11) is 0. The number of fused-ring (bicyclic) bond motifs is 1. The lowest BCUT2D eigenvalue weighted by Crippen LogP contribution is -2.03. The van der Waals surface area contributed by atoms with Crippen LogP contribution in [0.4, 0.5) is 0 Å². The number of pyridine rings is 2. The van der Waals surface area contributed by atoms with Gasteiger partial charge in [0.15, 0.2) is 0 Å². The number of aromatic nitrogens is 2. The molecule has 0 spiro atoms. The first-order chi connectivity index (χ1) is 15.6. The van der Waals surface area contributed by atoms with E-state index in [1.165, 1.54) is 0 Å². The SMILES string of the molecule is OC(c1ccccn1)c1ccccc1-c1ccc2nc(Cl)c(-c3ccccc3)c(Cl)c2c1. The maximum absolute atomic E-state index is 11.0. The van der Waals surface area contributed by atoms with Crippen molar-refractivity contribution in [2.45, 2.75) is 6.10 Å². The molecule has 0 bridgehead atoms. The minimum absolute atomic E-state index is 0.368. The van der Waals surface area contributed by atoms with E-state index in [1.54, 1.807) is 6.20 Å². The van der Waals surface area contributed by atoms with E-state index in [0.29, 0.717) is 26.9 Å². The van der Waals surface area contributed by atoms with Crippen molar-refractivity contribution >= 4 is 34.1 Å². The van der Waals surface area contributed by atoms with Crippen molar-refractivity contribution in [3.05, 3.63) is 119 Å². The van der Waals surface area contributed by atoms with Crippen LogP contribution in [0.5, 0.6) is 0 Å². The highest BCUT2D eigenvalue weighted by Crippen LogP contribution is 2.40. The van der Waals surface area contributed by atoms with Crippen molar-refractivity contribution in [3.63, 3.8) is 0 Å². The van der Waals surface area contributed by atoms with Crippen LogP contribution in [0.15, 0.2) is 97.2 Å². The van der Waals surface area contributed by atoms with Crippen molar-refractivity contribution in [2.75, 3.05) is 0 Å². The van der Waals surface area contributed by atoms with E-state index in [4.69, 9.17) is 23.2 Å². The average molecular weight is 457 g/mol. The molecule has 3 aromatic carbocycles. The number of benzene rings is 3. The normalized spacial score (nSPS) is 12.1. The Morgan fingerprint density at radius 2 is 1.50 bits per heavy atom. The highest BCUT2D eigenvalue weighted by molar-refractivity contribution is 6.42. The summed E-state index contributed by atoms with van der Waals surface area (Å²) in [6.07, 6.45) is 0.832. The number of rotatable bonds is 4. The second-order valence-electron chi connectivity index (χ2n) is 7.43. The largest absolute Gasteiger partial charge is 0.382 e. The number of hydrogen-bond donors (Lipinski definition) is 1. The Morgan fingerprint density at radius 3 is 2.28 bits per heavy atom. The lowest BCUT2D eigenvalue weighted by molar-refractivity contribution is 0.216. The minimum Gasteiger partial charge on any atom is -0.382 e. The lowest BCUT2D eigenvalue weighted by atomic mass is 9.93. The van der Waals surface area contributed by atoms with Gasteiger partial charge in [0.05, 0.1) is 16.2 Å². The molecular weight excluding hydrogens is 439 g/mol. The van der Waals surface area contributed by atoms with Crippen molar-refractivity contribution in [1.29, 1.82) is 0 Å². The zero-order valence-electron chi connectivity index (χ0n) is 16.9. The topological polar surface area (TPSA) is 46.0 Å². The van der Waals surface area contributed by atoms with Gasteiger partial charge in [-0.05, 0) is 46.5 Å². The van der Waals surface area contributed by atoms with Gasteiger partial charge < -0.3 is 5.11 Å². The summed E-state index contributed by atoms with van der Waals surface area (Å²) >= 11 is 13.4. The predicted octanol–water partition coefficient (Wildman–Crippen LogP) is 7.35. The Kier molecular flexibility index (Phi) is 5.62. The lowest BCUT2D eigenvalue weighted by Gasteiger charge is -2.16. The molecule has 0 saturated carbocycles. The van der Waals surface area contributed by atoms with Gasteiger partial charge in [0.25, 0.3) is 0 Å². The molecule has 0 amide bonds. The van der Waals surface area contributed by atoms with E-state index in [2.05, 4.69) is 9.97 Å². The fourth-order valence-electron chi connectivity index (χ4n) is 3.91. The minimum atomic E-state index is -0.846. The second-order valence-corrected chi connectivity index (χ2v) is 8.17. The Balaban J connectivity index is 1.67. The van der Waals surface area contributed by atoms with E-state index in [0.717, 1.165) is 27.6 Å². The molecule has 0 saturated heterocycles. The van der Waals surface area contributed by atoms with Crippen LogP contribution >= 0.6 is 23.2 Å². The van der Waals surface area contributed by atoms with Gasteiger partial charge in [0, 0.05) is 17.1 Å². The summed E-state index contributed by atoms with van der Waals surface area (Å²) in [5, 5.41) is 12.7. The molecule has 1 unspecified atom stereocenters. The van der Waals surface area contributed by atoms with Crippen LogP contribution in [0.1, 0.15) is 17.4 Å². The van der Waals surface area contributed by atoms with Crippen molar-refractivity contribution in [1.82, 2.24) is 9.97 Å². The molecule has 0 aliphatic heterocycles. The third kappa shape index (κ3) is 3.76. The fourth-order valence-corrected chi connectivity index (χ4v) is 4.60. The highest BCUT2D eigenvalue weighted by atomic mass is 35.5. The third-order valence-electron chi connectivity index (χ3n) is 5.47. The van der Waals surface area contributed by atoms with Gasteiger partial charge in [-0.2, -0.15) is 0 Å². The van der Waals surface area contributed by atoms with Gasteiger partial charge in [0.1, 0.15) is 11.3 Å². The van der Waals surface area contributed by atoms with Gasteiger partial charge in [0.2, 0.25) is 0 Å². The standard InChI is InChI=1S/C27H18Cl2N2O/c28-25-21-16-18(13-14-22(21)31-27(29)24(25)17-8-2-1-3-9-17)19-10-4-5-11-20(19)26(32)23-12-6-7-15-30-23/h1-16,26,32H. The van der Waals surface area contributed by atoms with Gasteiger partial charge in [-0.3, -0.25) is 4.98 Å². The second kappa shape index (κ2) is 8.71. The Morgan fingerprint density at radius 1 is 0.750 bits per heavy atom. The van der Waals surface area contributed by atoms with Crippen LogP contribution in [-0.2, 0) is 0 Å². The predicted molar refractivity (Wildman–Crippen MR) is 131 cm³/mol. The number of nitrogens with zero attached hydrogens (tertiary/aromatic N) is 2. The number of aliphatic hydroxyl groups is 1. The number of hydrogen-bond acceptors (Lipinski definition) is 3. The molecular formula is C27H18Cl2N2O. The summed E-state index contributed by atoms with van der Waals surface area (Å²) in [6, 6.07) is 28.9. The summed E-state index contributed by atoms with van der Waals surface area (Å²) in [5.41, 5.74) is 5.53. The van der Waals surface area contributed by atoms with E-state index >= 15 is 0 Å². The van der Waals surface area contributed by atoms with Gasteiger partial charge >= 0.3 is 0 Å². The molecule has 5 aromatic rings. The molecule has 156 valence electrons. The fraction of sp³-hybridized carbons (Fsp3) is 0.0370. The Labute approximate surface area is 195 Å². The van der Waals surface area contributed by atoms with Crippen LogP contribution in [0.3, 0.4) is 0 Å². The maximum Gasteiger partial charge on any atom is 0.139 e. The molecule has 5 heteroatoms. The van der Waals surface area contributed by atoms with E-state index in [9.17, 15) is 5.11 Å². The molecule has 0 radical (unpaired) electrons. The van der Waals surface area contributed by atoms with Crippen LogP contribution < -0.4 is 0 Å². The zero-order chi connectivity index (χ0) is 22.1. The molecule has 0 fully saturated rings. The van der Waals surface area contributed by atoms with E-state index in [-0.39, 0.29) is 0 Å². The Bertz CT molecular complexity index is 1410. The van der Waals surface area contributed by atoms with Crippen LogP contribution in [0.25, 0.3) is 33.2 Å². The van der Waals surface area contributed by atoms with E-state index in [1.807, 2.05) is 91.0 Å². The van der Waals surface area contributed by atoms with Crippen LogP contribution in [-0.4, -0.2) is 15.1 Å². The monoisotopic (exact) mass is 456 g/mol. The first-order valence-corrected chi connectivity index (χ1v) is 10.9. The van der Waals surface area contributed by atoms with E-state index < -0.39 is 6.10 Å². The van der Waals surface area contributed by atoms with Gasteiger partial charge in [-0.15, -0.1) is 0 Å². The molecule has 5 rings (SSSR count). The van der Waals surface area contributed by atoms with Crippen molar-refractivity contribution in [2.24, 2.45) is 0 Å². The quantitative estimate of drug-likeness (QED) is 0.287. The molecule has 1 N–H and O–H groups in total. The molecule has 2 aromatic heterocycles. The molecule has 2 heterocycles. The summed E-state index contributed by atoms with van der Waals surface area (Å²) in [4.78, 5) is 8.89. The first-order valence-electron chi connectivity index (χ1n) is 10.2. The van der Waals surface area contributed by atoms with Crippen molar-refractivity contribution in [3.8, 4) is 22.3 Å². The zero-order valence-corrected chi connectivity index (χ0v) is 18.4. The average Bonchev–Trinajstić information content (AvgIpc) is 2.85. The molecule has 1 atom stereocenters. The van der Waals surface area contributed by atoms with Crippen LogP contribution in [0.2, 0.25) is 10.2 Å². The smallest absolute Gasteiger partial charge is 0.139 e. The molecule has 32 heavy (non-hydrogen) atoms. The third-order valence-corrected chi connectivity index (χ3v) is 6.14. The summed E-state index contributed by atoms with van der Waals surface area (Å²) < 4.78 is 0. The Hall–Kier alpha value is -3.24. The van der Waals surface area contributed by atoms with Gasteiger partial charge in [-0.25, -0.2) is 4.98 Å². The van der Waals surface area contributed by atoms with Crippen molar-refractivity contribution < 1.29 is 5.11 Å². The number of halogens is 2. The first kappa shape index (κ1) is 20.7. The maximum atomic E-state index is 11.0. The van der Waals surface area contributed by atoms with Crippen LogP contribution in [0, 0.1) is 0 Å². The number of aliphatic hydroxyl groups excluding tert-OH is 1. The highest BCUT2D eigenvalue weighted by Gasteiger charge is 2.18. The van der Waals surface area contributed by atoms with Gasteiger partial charge in [-0.1, -0.05) is 89.9 Å². The molecule has 3 nitrogen and oxygen atoms in total. The summed E-state index contributed by atoms with van der Waals surface area (Å²) in [5.74, 6) is 0.